The first-order valence-corrected chi connectivity index (χ1v) is 4.82. The fourth-order valence-corrected chi connectivity index (χ4v) is 1.45. The van der Waals surface area contributed by atoms with Gasteiger partial charge in [-0.2, -0.15) is 0 Å². The maximum atomic E-state index is 13.5. The minimum absolute atomic E-state index is 0.274. The van der Waals surface area contributed by atoms with Crippen molar-refractivity contribution in [2.75, 3.05) is 0 Å². The molecule has 0 unspecified atom stereocenters. The van der Waals surface area contributed by atoms with Crippen LogP contribution in [0.1, 0.15) is 25.0 Å². The Labute approximate surface area is 88.8 Å². The van der Waals surface area contributed by atoms with Gasteiger partial charge in [0.15, 0.2) is 0 Å². The van der Waals surface area contributed by atoms with Crippen molar-refractivity contribution in [2.45, 2.75) is 32.5 Å². The molecule has 2 nitrogen and oxygen atoms in total. The maximum Gasteiger partial charge on any atom is 0.235 e. The highest BCUT2D eigenvalue weighted by Crippen LogP contribution is 2.20. The minimum Gasteiger partial charge on any atom is -0.244 e. The molecule has 0 aliphatic rings. The summed E-state index contributed by atoms with van der Waals surface area (Å²) in [6, 6.07) is 7.42. The van der Waals surface area contributed by atoms with Gasteiger partial charge in [0.25, 0.3) is 0 Å². The second-order valence-electron chi connectivity index (χ2n) is 4.07. The van der Waals surface area contributed by atoms with Gasteiger partial charge in [-0.05, 0) is 25.0 Å². The number of alkyl halides is 1. The molecule has 0 aliphatic heterocycles. The first kappa shape index (κ1) is 11.6. The second kappa shape index (κ2) is 4.85. The van der Waals surface area contributed by atoms with E-state index >= 15 is 0 Å². The van der Waals surface area contributed by atoms with Gasteiger partial charge in [-0.15, -0.1) is 0 Å². The van der Waals surface area contributed by atoms with Gasteiger partial charge >= 0.3 is 0 Å². The zero-order chi connectivity index (χ0) is 11.3. The Morgan fingerprint density at radius 2 is 1.93 bits per heavy atom. The molecular weight excluding hydrogens is 193 g/mol. The molecule has 0 spiro atoms. The quantitative estimate of drug-likeness (QED) is 0.551. The van der Waals surface area contributed by atoms with Crippen molar-refractivity contribution in [3.8, 4) is 0 Å². The van der Waals surface area contributed by atoms with E-state index in [1.807, 2.05) is 24.3 Å². The van der Waals surface area contributed by atoms with E-state index in [9.17, 15) is 9.18 Å². The van der Waals surface area contributed by atoms with E-state index in [1.54, 1.807) is 0 Å². The smallest absolute Gasteiger partial charge is 0.235 e. The fraction of sp³-hybridized carbons (Fsp3) is 0.417. The highest BCUT2D eigenvalue weighted by molar-refractivity contribution is 5.35. The van der Waals surface area contributed by atoms with E-state index in [-0.39, 0.29) is 6.54 Å². The number of nitrogens with zero attached hydrogens (tertiary/aromatic N) is 1. The van der Waals surface area contributed by atoms with Crippen molar-refractivity contribution in [1.29, 1.82) is 0 Å². The first-order valence-electron chi connectivity index (χ1n) is 4.82. The molecular formula is C12H14FNO. The molecule has 0 saturated heterocycles. The Kier molecular flexibility index (Phi) is 3.75. The number of rotatable bonds is 4. The van der Waals surface area contributed by atoms with E-state index in [0.29, 0.717) is 6.42 Å². The standard InChI is InChI=1S/C12H14FNO/c1-12(2,13)7-10-5-3-4-6-11(10)8-14-9-15/h3-6H,7-8H2,1-2H3. The third-order valence-electron chi connectivity index (χ3n) is 2.04. The fourth-order valence-electron chi connectivity index (χ4n) is 1.45. The van der Waals surface area contributed by atoms with Gasteiger partial charge in [0.05, 0.1) is 6.54 Å². The van der Waals surface area contributed by atoms with Crippen LogP contribution < -0.4 is 0 Å². The van der Waals surface area contributed by atoms with Crippen LogP contribution in [0.4, 0.5) is 4.39 Å². The van der Waals surface area contributed by atoms with Crippen LogP contribution in [0.25, 0.3) is 0 Å². The lowest BCUT2D eigenvalue weighted by Crippen LogP contribution is -2.16. The van der Waals surface area contributed by atoms with Crippen molar-refractivity contribution >= 4 is 6.08 Å². The van der Waals surface area contributed by atoms with Gasteiger partial charge in [0, 0.05) is 6.42 Å². The predicted molar refractivity (Wildman–Crippen MR) is 57.2 cm³/mol. The summed E-state index contributed by atoms with van der Waals surface area (Å²) < 4.78 is 13.5. The summed E-state index contributed by atoms with van der Waals surface area (Å²) >= 11 is 0. The van der Waals surface area contributed by atoms with E-state index in [0.717, 1.165) is 11.1 Å². The number of halogens is 1. The summed E-state index contributed by atoms with van der Waals surface area (Å²) in [5, 5.41) is 0. The highest BCUT2D eigenvalue weighted by Gasteiger charge is 2.17. The van der Waals surface area contributed by atoms with Gasteiger partial charge in [0.1, 0.15) is 5.67 Å². The topological polar surface area (TPSA) is 29.4 Å². The molecule has 0 N–H and O–H groups in total. The summed E-state index contributed by atoms with van der Waals surface area (Å²) in [5.74, 6) is 0. The van der Waals surface area contributed by atoms with Crippen LogP contribution in [-0.2, 0) is 17.8 Å². The summed E-state index contributed by atoms with van der Waals surface area (Å²) in [6.07, 6.45) is 1.82. The summed E-state index contributed by atoms with van der Waals surface area (Å²) in [5.41, 5.74) is 0.525. The Morgan fingerprint density at radius 3 is 2.47 bits per heavy atom. The normalized spacial score (nSPS) is 10.9. The third kappa shape index (κ3) is 4.05. The number of carbonyl (C=O) groups excluding carboxylic acids is 1. The van der Waals surface area contributed by atoms with Crippen LogP contribution >= 0.6 is 0 Å². The second-order valence-corrected chi connectivity index (χ2v) is 4.07. The molecule has 1 aromatic rings. The number of hydrogen-bond acceptors (Lipinski definition) is 2. The lowest BCUT2D eigenvalue weighted by Gasteiger charge is -2.15. The third-order valence-corrected chi connectivity index (χ3v) is 2.04. The summed E-state index contributed by atoms with van der Waals surface area (Å²) in [7, 11) is 0. The van der Waals surface area contributed by atoms with E-state index in [2.05, 4.69) is 4.99 Å². The van der Waals surface area contributed by atoms with E-state index < -0.39 is 5.67 Å². The van der Waals surface area contributed by atoms with Crippen molar-refractivity contribution in [3.63, 3.8) is 0 Å². The minimum atomic E-state index is -1.25. The van der Waals surface area contributed by atoms with Crippen LogP contribution in [0.15, 0.2) is 29.3 Å². The number of isocyanates is 1. The van der Waals surface area contributed by atoms with Crippen LogP contribution in [0.5, 0.6) is 0 Å². The van der Waals surface area contributed by atoms with Crippen molar-refractivity contribution in [2.24, 2.45) is 4.99 Å². The molecule has 0 bridgehead atoms. The lowest BCUT2D eigenvalue weighted by atomic mass is 9.96. The van der Waals surface area contributed by atoms with Gasteiger partial charge in [-0.1, -0.05) is 24.3 Å². The first-order chi connectivity index (χ1) is 7.03. The summed E-state index contributed by atoms with van der Waals surface area (Å²) in [6.45, 7) is 3.34. The van der Waals surface area contributed by atoms with Crippen LogP contribution in [0, 0.1) is 0 Å². The molecule has 0 amide bonds. The maximum absolute atomic E-state index is 13.5. The highest BCUT2D eigenvalue weighted by atomic mass is 19.1. The molecule has 80 valence electrons. The molecule has 0 atom stereocenters. The molecule has 0 aromatic heterocycles. The van der Waals surface area contributed by atoms with E-state index in [1.165, 1.54) is 19.9 Å². The zero-order valence-corrected chi connectivity index (χ0v) is 8.96. The monoisotopic (exact) mass is 207 g/mol. The van der Waals surface area contributed by atoms with Gasteiger partial charge in [0.2, 0.25) is 6.08 Å². The molecule has 0 radical (unpaired) electrons. The van der Waals surface area contributed by atoms with Gasteiger partial charge < -0.3 is 0 Å². The average Bonchev–Trinajstić information content (AvgIpc) is 2.14. The lowest BCUT2D eigenvalue weighted by molar-refractivity contribution is 0.216. The van der Waals surface area contributed by atoms with Crippen LogP contribution in [-0.4, -0.2) is 11.7 Å². The van der Waals surface area contributed by atoms with Crippen molar-refractivity contribution < 1.29 is 9.18 Å². The SMILES string of the molecule is CC(C)(F)Cc1ccccc1CN=C=O. The predicted octanol–water partition coefficient (Wildman–Crippen LogP) is 2.81. The van der Waals surface area contributed by atoms with Crippen LogP contribution in [0.3, 0.4) is 0 Å². The Hall–Kier alpha value is -1.47. The number of aliphatic imine (C=N–C) groups is 1. The molecule has 3 heteroatoms. The average molecular weight is 207 g/mol. The Balaban J connectivity index is 2.90. The molecule has 0 aliphatic carbocycles. The molecule has 0 saturated carbocycles. The molecule has 1 rings (SSSR count). The number of hydrogen-bond donors (Lipinski definition) is 0. The van der Waals surface area contributed by atoms with Gasteiger partial charge in [-0.25, -0.2) is 14.2 Å². The Morgan fingerprint density at radius 1 is 1.33 bits per heavy atom. The van der Waals surface area contributed by atoms with E-state index in [4.69, 9.17) is 0 Å². The zero-order valence-electron chi connectivity index (χ0n) is 8.96. The molecule has 15 heavy (non-hydrogen) atoms. The number of benzene rings is 1. The largest absolute Gasteiger partial charge is 0.244 e. The van der Waals surface area contributed by atoms with Gasteiger partial charge in [-0.3, -0.25) is 0 Å². The Bertz CT molecular complexity index is 375. The molecule has 0 fully saturated rings. The van der Waals surface area contributed by atoms with Crippen molar-refractivity contribution in [3.05, 3.63) is 35.4 Å². The molecule has 0 heterocycles. The van der Waals surface area contributed by atoms with Crippen molar-refractivity contribution in [1.82, 2.24) is 0 Å². The van der Waals surface area contributed by atoms with Crippen LogP contribution in [0.2, 0.25) is 0 Å². The molecule has 1 aromatic carbocycles. The summed E-state index contributed by atoms with van der Waals surface area (Å²) in [4.78, 5) is 13.5.